The highest BCUT2D eigenvalue weighted by molar-refractivity contribution is 5.93. The van der Waals surface area contributed by atoms with Crippen LogP contribution in [0.25, 0.3) is 0 Å². The van der Waals surface area contributed by atoms with Crippen molar-refractivity contribution in [1.82, 2.24) is 4.90 Å². The summed E-state index contributed by atoms with van der Waals surface area (Å²) in [6.45, 7) is 4.85. The first kappa shape index (κ1) is 15.0. The maximum absolute atomic E-state index is 5.70. The number of hydrogen-bond acceptors (Lipinski definition) is 1. The number of hydrogen-bond donors (Lipinski definition) is 2. The van der Waals surface area contributed by atoms with Gasteiger partial charge in [0.05, 0.1) is 0 Å². The second-order valence-corrected chi connectivity index (χ2v) is 4.71. The SMILES string of the molecule is Cc1cccc(CCN=C(N)N=C(N)N(C)C)c1C. The van der Waals surface area contributed by atoms with Crippen LogP contribution >= 0.6 is 0 Å². The van der Waals surface area contributed by atoms with Crippen LogP contribution in [0.1, 0.15) is 16.7 Å². The number of rotatable bonds is 3. The van der Waals surface area contributed by atoms with Gasteiger partial charge in [-0.15, -0.1) is 0 Å². The van der Waals surface area contributed by atoms with Gasteiger partial charge in [0, 0.05) is 20.6 Å². The van der Waals surface area contributed by atoms with Crippen LogP contribution in [0.3, 0.4) is 0 Å². The number of aliphatic imine (C=N–C) groups is 2. The van der Waals surface area contributed by atoms with Crippen molar-refractivity contribution in [3.05, 3.63) is 34.9 Å². The van der Waals surface area contributed by atoms with Crippen molar-refractivity contribution >= 4 is 11.9 Å². The number of aryl methyl sites for hydroxylation is 1. The molecule has 0 unspecified atom stereocenters. The van der Waals surface area contributed by atoms with Gasteiger partial charge in [0.1, 0.15) is 0 Å². The molecule has 1 aromatic rings. The molecule has 104 valence electrons. The minimum atomic E-state index is 0.219. The number of nitrogens with zero attached hydrogens (tertiary/aromatic N) is 3. The Kier molecular flexibility index (Phi) is 5.36. The molecule has 0 saturated heterocycles. The Balaban J connectivity index is 2.63. The first-order chi connectivity index (χ1) is 8.91. The van der Waals surface area contributed by atoms with E-state index in [-0.39, 0.29) is 5.96 Å². The number of nitrogens with two attached hydrogens (primary N) is 2. The van der Waals surface area contributed by atoms with Crippen LogP contribution in [0.5, 0.6) is 0 Å². The summed E-state index contributed by atoms with van der Waals surface area (Å²) in [5.41, 5.74) is 15.3. The van der Waals surface area contributed by atoms with Crippen molar-refractivity contribution in [2.24, 2.45) is 21.5 Å². The van der Waals surface area contributed by atoms with Crippen LogP contribution in [0, 0.1) is 13.8 Å². The molecule has 0 aliphatic carbocycles. The third kappa shape index (κ3) is 4.62. The summed E-state index contributed by atoms with van der Waals surface area (Å²) in [4.78, 5) is 9.90. The van der Waals surface area contributed by atoms with Gasteiger partial charge in [-0.3, -0.25) is 4.99 Å². The highest BCUT2D eigenvalue weighted by Crippen LogP contribution is 2.13. The Bertz CT molecular complexity index is 489. The summed E-state index contributed by atoms with van der Waals surface area (Å²) in [6.07, 6.45) is 0.853. The Hall–Kier alpha value is -2.04. The van der Waals surface area contributed by atoms with Crippen molar-refractivity contribution < 1.29 is 0 Å². The molecule has 19 heavy (non-hydrogen) atoms. The molecule has 0 spiro atoms. The van der Waals surface area contributed by atoms with E-state index in [0.717, 1.165) is 6.42 Å². The summed E-state index contributed by atoms with van der Waals surface area (Å²) < 4.78 is 0. The molecule has 1 aromatic carbocycles. The van der Waals surface area contributed by atoms with Crippen molar-refractivity contribution in [2.75, 3.05) is 20.6 Å². The van der Waals surface area contributed by atoms with Crippen LogP contribution in [0.15, 0.2) is 28.2 Å². The molecule has 0 radical (unpaired) electrons. The van der Waals surface area contributed by atoms with Gasteiger partial charge in [0.2, 0.25) is 5.96 Å². The van der Waals surface area contributed by atoms with Crippen LogP contribution in [-0.4, -0.2) is 37.5 Å². The van der Waals surface area contributed by atoms with Gasteiger partial charge in [-0.2, -0.15) is 4.99 Å². The first-order valence-electron chi connectivity index (χ1n) is 6.28. The van der Waals surface area contributed by atoms with Crippen LogP contribution in [-0.2, 0) is 6.42 Å². The summed E-state index contributed by atoms with van der Waals surface area (Å²) in [5.74, 6) is 0.574. The first-order valence-corrected chi connectivity index (χ1v) is 6.28. The summed E-state index contributed by atoms with van der Waals surface area (Å²) in [6, 6.07) is 6.29. The smallest absolute Gasteiger partial charge is 0.218 e. The molecule has 0 aliphatic rings. The molecule has 0 amide bonds. The minimum Gasteiger partial charge on any atom is -0.369 e. The zero-order chi connectivity index (χ0) is 14.4. The second-order valence-electron chi connectivity index (χ2n) is 4.71. The van der Waals surface area contributed by atoms with Crippen molar-refractivity contribution in [1.29, 1.82) is 0 Å². The highest BCUT2D eigenvalue weighted by Gasteiger charge is 2.00. The van der Waals surface area contributed by atoms with E-state index in [9.17, 15) is 0 Å². The lowest BCUT2D eigenvalue weighted by Crippen LogP contribution is -2.32. The fourth-order valence-corrected chi connectivity index (χ4v) is 1.63. The van der Waals surface area contributed by atoms with E-state index in [1.807, 2.05) is 14.1 Å². The molecular formula is C14H23N5. The van der Waals surface area contributed by atoms with Gasteiger partial charge in [-0.25, -0.2) is 0 Å². The predicted molar refractivity (Wildman–Crippen MR) is 81.4 cm³/mol. The summed E-state index contributed by atoms with van der Waals surface area (Å²) in [7, 11) is 3.62. The molecule has 0 fully saturated rings. The lowest BCUT2D eigenvalue weighted by Gasteiger charge is -2.10. The fraction of sp³-hybridized carbons (Fsp3) is 0.429. The monoisotopic (exact) mass is 261 g/mol. The van der Waals surface area contributed by atoms with Crippen molar-refractivity contribution in [3.8, 4) is 0 Å². The van der Waals surface area contributed by atoms with E-state index in [0.29, 0.717) is 12.5 Å². The lowest BCUT2D eigenvalue weighted by atomic mass is 10.0. The van der Waals surface area contributed by atoms with E-state index in [1.54, 1.807) is 4.90 Å². The van der Waals surface area contributed by atoms with Gasteiger partial charge < -0.3 is 16.4 Å². The predicted octanol–water partition coefficient (Wildman–Crippen LogP) is 1.04. The number of benzene rings is 1. The zero-order valence-electron chi connectivity index (χ0n) is 12.1. The van der Waals surface area contributed by atoms with Gasteiger partial charge in [0.25, 0.3) is 0 Å². The van der Waals surface area contributed by atoms with Gasteiger partial charge >= 0.3 is 0 Å². The van der Waals surface area contributed by atoms with E-state index >= 15 is 0 Å². The topological polar surface area (TPSA) is 80.0 Å². The zero-order valence-corrected chi connectivity index (χ0v) is 12.1. The average Bonchev–Trinajstić information content (AvgIpc) is 2.34. The van der Waals surface area contributed by atoms with Crippen LogP contribution in [0.4, 0.5) is 0 Å². The summed E-state index contributed by atoms with van der Waals surface area (Å²) >= 11 is 0. The largest absolute Gasteiger partial charge is 0.369 e. The standard InChI is InChI=1S/C14H23N5/c1-10-6-5-7-12(11(10)2)8-9-17-13(15)18-14(16)19(3)4/h5-7H,8-9H2,1-4H3,(H4,15,16,17,18). The van der Waals surface area contributed by atoms with E-state index in [1.165, 1.54) is 16.7 Å². The van der Waals surface area contributed by atoms with Crippen LogP contribution < -0.4 is 11.5 Å². The maximum Gasteiger partial charge on any atom is 0.218 e. The average molecular weight is 261 g/mol. The molecule has 0 heterocycles. The Labute approximate surface area is 115 Å². The Morgan fingerprint density at radius 3 is 2.53 bits per heavy atom. The minimum absolute atomic E-state index is 0.219. The Morgan fingerprint density at radius 1 is 1.21 bits per heavy atom. The fourth-order valence-electron chi connectivity index (χ4n) is 1.63. The summed E-state index contributed by atoms with van der Waals surface area (Å²) in [5, 5.41) is 0. The molecule has 0 bridgehead atoms. The third-order valence-corrected chi connectivity index (χ3v) is 3.06. The molecule has 1 rings (SSSR count). The van der Waals surface area contributed by atoms with Gasteiger partial charge in [0.15, 0.2) is 5.96 Å². The lowest BCUT2D eigenvalue weighted by molar-refractivity contribution is 0.615. The van der Waals surface area contributed by atoms with Crippen molar-refractivity contribution in [2.45, 2.75) is 20.3 Å². The quantitative estimate of drug-likeness (QED) is 0.630. The van der Waals surface area contributed by atoms with Gasteiger partial charge in [-0.05, 0) is 37.0 Å². The molecule has 0 saturated carbocycles. The van der Waals surface area contributed by atoms with E-state index in [4.69, 9.17) is 11.5 Å². The second kappa shape index (κ2) is 6.78. The van der Waals surface area contributed by atoms with E-state index < -0.39 is 0 Å². The molecule has 0 atom stereocenters. The van der Waals surface area contributed by atoms with Crippen LogP contribution in [0.2, 0.25) is 0 Å². The molecule has 0 aliphatic heterocycles. The molecule has 5 heteroatoms. The Morgan fingerprint density at radius 2 is 1.89 bits per heavy atom. The van der Waals surface area contributed by atoms with E-state index in [2.05, 4.69) is 42.0 Å². The molecule has 5 nitrogen and oxygen atoms in total. The molecule has 4 N–H and O–H groups in total. The highest BCUT2D eigenvalue weighted by atomic mass is 15.2. The van der Waals surface area contributed by atoms with Crippen molar-refractivity contribution in [3.63, 3.8) is 0 Å². The number of guanidine groups is 2. The maximum atomic E-state index is 5.70. The normalized spacial score (nSPS) is 12.6. The molecular weight excluding hydrogens is 238 g/mol. The van der Waals surface area contributed by atoms with Gasteiger partial charge in [-0.1, -0.05) is 18.2 Å². The molecule has 0 aromatic heterocycles. The third-order valence-electron chi connectivity index (χ3n) is 3.06.